The van der Waals surface area contributed by atoms with Crippen LogP contribution in [0.2, 0.25) is 0 Å². The van der Waals surface area contributed by atoms with Gasteiger partial charge in [0, 0.05) is 47.1 Å². The second-order valence-electron chi connectivity index (χ2n) is 13.2. The fourth-order valence-electron chi connectivity index (χ4n) is 6.33. The summed E-state index contributed by atoms with van der Waals surface area (Å²) in [7, 11) is -2.62. The van der Waals surface area contributed by atoms with E-state index in [1.165, 1.54) is 12.1 Å². The molecule has 3 aromatic rings. The highest BCUT2D eigenvalue weighted by atomic mass is 16.5. The SMILES string of the molecule is CC1(C)OB(O)c2c(C(=O)NCc3cc(CNC(=O)c4cccc5c4B(O)OC5(C)C)cc(C(=O)N[C@@H](CCC(=O)O)C(=O)O)c3)cccc21. The first-order chi connectivity index (χ1) is 23.5. The first-order valence-corrected chi connectivity index (χ1v) is 15.9. The minimum atomic E-state index is -1.48. The molecule has 0 spiro atoms. The summed E-state index contributed by atoms with van der Waals surface area (Å²) in [5.41, 5.74) is 1.64. The van der Waals surface area contributed by atoms with Crippen LogP contribution in [0.25, 0.3) is 0 Å². The molecule has 0 radical (unpaired) electrons. The molecule has 50 heavy (non-hydrogen) atoms. The maximum absolute atomic E-state index is 13.4. The average Bonchev–Trinajstić information content (AvgIpc) is 3.45. The molecule has 3 aromatic carbocycles. The van der Waals surface area contributed by atoms with Crippen LogP contribution in [0.5, 0.6) is 0 Å². The summed E-state index contributed by atoms with van der Waals surface area (Å²) in [5.74, 6) is -4.48. The number of carboxylic acid groups (broad SMARTS) is 2. The van der Waals surface area contributed by atoms with Crippen molar-refractivity contribution in [1.82, 2.24) is 16.0 Å². The summed E-state index contributed by atoms with van der Waals surface area (Å²) in [5, 5.41) is 47.6. The van der Waals surface area contributed by atoms with Crippen molar-refractivity contribution >= 4 is 54.8 Å². The Morgan fingerprint density at radius 2 is 1.18 bits per heavy atom. The van der Waals surface area contributed by atoms with Crippen molar-refractivity contribution in [3.63, 3.8) is 0 Å². The topological polar surface area (TPSA) is 221 Å². The number of carbonyl (C=O) groups excluding carboxylic acids is 3. The number of carbonyl (C=O) groups is 5. The fourth-order valence-corrected chi connectivity index (χ4v) is 6.33. The molecule has 0 fully saturated rings. The number of benzene rings is 3. The predicted octanol–water partition coefficient (Wildman–Crippen LogP) is 0.500. The largest absolute Gasteiger partial charge is 0.492 e. The van der Waals surface area contributed by atoms with Gasteiger partial charge in [-0.05, 0) is 80.6 Å². The van der Waals surface area contributed by atoms with E-state index in [9.17, 15) is 39.1 Å². The summed E-state index contributed by atoms with van der Waals surface area (Å²) >= 11 is 0. The van der Waals surface area contributed by atoms with Crippen LogP contribution in [0.4, 0.5) is 0 Å². The minimum Gasteiger partial charge on any atom is -0.481 e. The number of carboxylic acids is 2. The third kappa shape index (κ3) is 7.58. The third-order valence-corrected chi connectivity index (χ3v) is 8.78. The fraction of sp³-hybridized carbons (Fsp3) is 0.324. The zero-order valence-electron chi connectivity index (χ0n) is 27.9. The predicted molar refractivity (Wildman–Crippen MR) is 181 cm³/mol. The molecule has 2 heterocycles. The molecule has 16 heteroatoms. The van der Waals surface area contributed by atoms with Crippen molar-refractivity contribution in [2.75, 3.05) is 0 Å². The van der Waals surface area contributed by atoms with Crippen LogP contribution in [0.1, 0.15) is 93.9 Å². The Bertz CT molecular complexity index is 1780. The van der Waals surface area contributed by atoms with Gasteiger partial charge in [0.1, 0.15) is 6.04 Å². The number of amides is 3. The molecular weight excluding hydrogens is 648 g/mol. The van der Waals surface area contributed by atoms with Gasteiger partial charge in [0.2, 0.25) is 0 Å². The first-order valence-electron chi connectivity index (χ1n) is 15.9. The standard InChI is InChI=1S/C34H37B2N3O11/c1-33(2)23-9-5-7-21(27(23)35(47)49-33)30(43)37-16-18-13-19(15-20(14-18)29(42)39-25(32(45)46)11-12-26(40)41)17-38-31(44)22-8-6-10-24-28(22)36(48)50-34(24,3)4/h5-10,13-15,25,47-48H,11-12,16-17H2,1-4H3,(H,37,43)(H,38,44)(H,39,42)(H,40,41)(H,45,46)/t25-/m0/s1. The Morgan fingerprint density at radius 3 is 1.60 bits per heavy atom. The van der Waals surface area contributed by atoms with Gasteiger partial charge in [-0.15, -0.1) is 0 Å². The van der Waals surface area contributed by atoms with E-state index in [4.69, 9.17) is 14.4 Å². The van der Waals surface area contributed by atoms with Gasteiger partial charge in [-0.2, -0.15) is 0 Å². The smallest absolute Gasteiger partial charge is 0.481 e. The molecule has 1 atom stereocenters. The zero-order valence-corrected chi connectivity index (χ0v) is 27.9. The highest BCUT2D eigenvalue weighted by Crippen LogP contribution is 2.31. The summed E-state index contributed by atoms with van der Waals surface area (Å²) in [6.45, 7) is 6.91. The lowest BCUT2D eigenvalue weighted by Gasteiger charge is -2.19. The van der Waals surface area contributed by atoms with E-state index in [0.29, 0.717) is 33.2 Å². The molecular formula is C34H37B2N3O11. The van der Waals surface area contributed by atoms with E-state index in [-0.39, 0.29) is 36.2 Å². The maximum Gasteiger partial charge on any atom is 0.492 e. The Morgan fingerprint density at radius 1 is 0.720 bits per heavy atom. The lowest BCUT2D eigenvalue weighted by molar-refractivity contribution is -0.140. The van der Waals surface area contributed by atoms with Gasteiger partial charge in [-0.3, -0.25) is 19.2 Å². The lowest BCUT2D eigenvalue weighted by Crippen LogP contribution is -2.41. The Hall–Kier alpha value is -5.02. The van der Waals surface area contributed by atoms with E-state index >= 15 is 0 Å². The minimum absolute atomic E-state index is 0.0000721. The molecule has 0 aromatic heterocycles. The Labute approximate surface area is 288 Å². The zero-order chi connectivity index (χ0) is 36.5. The van der Waals surface area contributed by atoms with Crippen molar-refractivity contribution in [2.45, 2.75) is 70.9 Å². The van der Waals surface area contributed by atoms with Crippen LogP contribution < -0.4 is 26.9 Å². The molecule has 260 valence electrons. The summed E-state index contributed by atoms with van der Waals surface area (Å²) < 4.78 is 11.3. The van der Waals surface area contributed by atoms with E-state index in [1.807, 2.05) is 0 Å². The highest BCUT2D eigenvalue weighted by Gasteiger charge is 2.44. The van der Waals surface area contributed by atoms with Crippen LogP contribution in [0.15, 0.2) is 54.6 Å². The van der Waals surface area contributed by atoms with Gasteiger partial charge in [0.25, 0.3) is 17.7 Å². The average molecular weight is 685 g/mol. The molecule has 0 unspecified atom stereocenters. The van der Waals surface area contributed by atoms with Gasteiger partial charge in [0.05, 0.1) is 11.2 Å². The molecule has 0 bridgehead atoms. The van der Waals surface area contributed by atoms with E-state index in [1.54, 1.807) is 70.2 Å². The van der Waals surface area contributed by atoms with Crippen LogP contribution in [-0.2, 0) is 43.2 Å². The molecule has 7 N–H and O–H groups in total. The summed E-state index contributed by atoms with van der Waals surface area (Å²) in [6, 6.07) is 13.0. The van der Waals surface area contributed by atoms with Crippen molar-refractivity contribution in [1.29, 1.82) is 0 Å². The molecule has 3 amide bonds. The van der Waals surface area contributed by atoms with Crippen molar-refractivity contribution in [2.24, 2.45) is 0 Å². The molecule has 14 nitrogen and oxygen atoms in total. The van der Waals surface area contributed by atoms with E-state index in [2.05, 4.69) is 16.0 Å². The number of hydrogen-bond donors (Lipinski definition) is 7. The molecule has 2 aliphatic rings. The van der Waals surface area contributed by atoms with Crippen LogP contribution >= 0.6 is 0 Å². The van der Waals surface area contributed by atoms with Crippen molar-refractivity contribution in [3.8, 4) is 0 Å². The van der Waals surface area contributed by atoms with E-state index < -0.39 is 67.6 Å². The second-order valence-corrected chi connectivity index (χ2v) is 13.2. The first kappa shape index (κ1) is 36.3. The molecule has 5 rings (SSSR count). The quantitative estimate of drug-likeness (QED) is 0.130. The molecule has 0 saturated carbocycles. The second kappa shape index (κ2) is 14.1. The van der Waals surface area contributed by atoms with Crippen molar-refractivity contribution in [3.05, 3.63) is 93.5 Å². The van der Waals surface area contributed by atoms with Crippen LogP contribution in [-0.4, -0.2) is 70.2 Å². The van der Waals surface area contributed by atoms with Gasteiger partial charge in [-0.1, -0.05) is 30.3 Å². The number of fused-ring (bicyclic) bond motifs is 2. The van der Waals surface area contributed by atoms with E-state index in [0.717, 1.165) is 0 Å². The molecule has 0 saturated heterocycles. The lowest BCUT2D eigenvalue weighted by atomic mass is 9.75. The van der Waals surface area contributed by atoms with Gasteiger partial charge >= 0.3 is 26.2 Å². The van der Waals surface area contributed by atoms with Crippen LogP contribution in [0, 0.1) is 0 Å². The van der Waals surface area contributed by atoms with Crippen molar-refractivity contribution < 1.29 is 53.5 Å². The molecule has 2 aliphatic heterocycles. The normalized spacial score (nSPS) is 15.9. The number of nitrogens with one attached hydrogen (secondary N) is 3. The summed E-state index contributed by atoms with van der Waals surface area (Å²) in [6.07, 6.45) is -0.836. The van der Waals surface area contributed by atoms with Gasteiger partial charge in [0.15, 0.2) is 0 Å². The third-order valence-electron chi connectivity index (χ3n) is 8.78. The van der Waals surface area contributed by atoms with Gasteiger partial charge in [-0.25, -0.2) is 4.79 Å². The highest BCUT2D eigenvalue weighted by molar-refractivity contribution is 6.64. The Balaban J connectivity index is 1.40. The number of hydrogen-bond acceptors (Lipinski definition) is 9. The summed E-state index contributed by atoms with van der Waals surface area (Å²) in [4.78, 5) is 62.8. The maximum atomic E-state index is 13.4. The number of aliphatic carboxylic acids is 2. The van der Waals surface area contributed by atoms with Crippen LogP contribution in [0.3, 0.4) is 0 Å². The molecule has 0 aliphatic carbocycles. The number of rotatable bonds is 12. The Kier molecular flexibility index (Phi) is 10.2. The monoisotopic (exact) mass is 685 g/mol. The van der Waals surface area contributed by atoms with Gasteiger partial charge < -0.3 is 45.5 Å².